The van der Waals surface area contributed by atoms with E-state index in [0.29, 0.717) is 6.42 Å². The minimum atomic E-state index is 0.254. The van der Waals surface area contributed by atoms with Gasteiger partial charge in [0, 0.05) is 16.3 Å². The van der Waals surface area contributed by atoms with Crippen LogP contribution in [-0.4, -0.2) is 5.12 Å². The quantitative estimate of drug-likeness (QED) is 0.638. The summed E-state index contributed by atoms with van der Waals surface area (Å²) in [6.45, 7) is 0. The van der Waals surface area contributed by atoms with Crippen molar-refractivity contribution < 1.29 is 4.79 Å². The molecule has 0 aromatic heterocycles. The molecular formula is C9H7ClOS. The summed E-state index contributed by atoms with van der Waals surface area (Å²) in [4.78, 5) is 12.1. The number of benzene rings is 1. The summed E-state index contributed by atoms with van der Waals surface area (Å²) in [7, 11) is 0. The van der Waals surface area contributed by atoms with Gasteiger partial charge in [-0.25, -0.2) is 0 Å². The largest absolute Gasteiger partial charge is 0.287 e. The first-order valence-electron chi connectivity index (χ1n) is 3.75. The Morgan fingerprint density at radius 2 is 2.17 bits per heavy atom. The van der Waals surface area contributed by atoms with Gasteiger partial charge in [-0.15, -0.1) is 0 Å². The van der Waals surface area contributed by atoms with E-state index >= 15 is 0 Å². The molecule has 0 radical (unpaired) electrons. The lowest BCUT2D eigenvalue weighted by atomic mass is 10.1. The second-order valence-corrected chi connectivity index (χ2v) is 4.26. The number of rotatable bonds is 0. The van der Waals surface area contributed by atoms with Gasteiger partial charge in [0.05, 0.1) is 0 Å². The molecule has 3 heteroatoms. The van der Waals surface area contributed by atoms with Gasteiger partial charge in [0.2, 0.25) is 0 Å². The maximum Gasteiger partial charge on any atom is 0.194 e. The van der Waals surface area contributed by atoms with Crippen molar-refractivity contribution >= 4 is 28.5 Å². The fourth-order valence-corrected chi connectivity index (χ4v) is 2.33. The summed E-state index contributed by atoms with van der Waals surface area (Å²) < 4.78 is 0. The third-order valence-corrected chi connectivity index (χ3v) is 3.13. The average Bonchev–Trinajstić information content (AvgIpc) is 2.05. The number of fused-ring (bicyclic) bond motifs is 1. The van der Waals surface area contributed by atoms with Crippen molar-refractivity contribution in [2.75, 3.05) is 0 Å². The third kappa shape index (κ3) is 1.50. The first kappa shape index (κ1) is 8.14. The highest BCUT2D eigenvalue weighted by atomic mass is 35.5. The number of hydrogen-bond donors (Lipinski definition) is 0. The fraction of sp³-hybridized carbons (Fsp3) is 0.222. The Kier molecular flexibility index (Phi) is 2.11. The van der Waals surface area contributed by atoms with Crippen molar-refractivity contribution in [1.29, 1.82) is 0 Å². The van der Waals surface area contributed by atoms with Crippen molar-refractivity contribution in [1.82, 2.24) is 0 Å². The standard InChI is InChI=1S/C9H7ClOS/c10-7-2-3-8-6(5-7)1-4-9(11)12-8/h2-3,5H,1,4H2. The molecule has 0 spiro atoms. The SMILES string of the molecule is O=C1CCc2cc(Cl)ccc2S1. The van der Waals surface area contributed by atoms with Crippen LogP contribution in [0.15, 0.2) is 23.1 Å². The summed E-state index contributed by atoms with van der Waals surface area (Å²) in [5.74, 6) is 0. The van der Waals surface area contributed by atoms with Crippen molar-refractivity contribution in [2.45, 2.75) is 17.7 Å². The van der Waals surface area contributed by atoms with E-state index in [1.807, 2.05) is 18.2 Å². The Morgan fingerprint density at radius 3 is 3.00 bits per heavy atom. The van der Waals surface area contributed by atoms with Crippen molar-refractivity contribution in [3.05, 3.63) is 28.8 Å². The second kappa shape index (κ2) is 3.11. The van der Waals surface area contributed by atoms with Crippen LogP contribution in [-0.2, 0) is 11.2 Å². The Bertz CT molecular complexity index is 335. The molecule has 1 aliphatic rings. The number of halogens is 1. The van der Waals surface area contributed by atoms with Crippen LogP contribution in [0.1, 0.15) is 12.0 Å². The van der Waals surface area contributed by atoms with Crippen LogP contribution in [0, 0.1) is 0 Å². The molecular weight excluding hydrogens is 192 g/mol. The lowest BCUT2D eigenvalue weighted by molar-refractivity contribution is -0.111. The Balaban J connectivity index is 2.43. The monoisotopic (exact) mass is 198 g/mol. The smallest absolute Gasteiger partial charge is 0.194 e. The predicted molar refractivity (Wildman–Crippen MR) is 50.6 cm³/mol. The first-order chi connectivity index (χ1) is 5.75. The number of hydrogen-bond acceptors (Lipinski definition) is 2. The number of carbonyl (C=O) groups is 1. The predicted octanol–water partition coefficient (Wildman–Crippen LogP) is 2.90. The van der Waals surface area contributed by atoms with Gasteiger partial charge in [0.15, 0.2) is 5.12 Å². The van der Waals surface area contributed by atoms with E-state index in [0.717, 1.165) is 16.3 Å². The van der Waals surface area contributed by atoms with Crippen molar-refractivity contribution in [2.24, 2.45) is 0 Å². The maximum absolute atomic E-state index is 11.0. The van der Waals surface area contributed by atoms with Gasteiger partial charge in [-0.1, -0.05) is 23.4 Å². The summed E-state index contributed by atoms with van der Waals surface area (Å²) >= 11 is 7.14. The summed E-state index contributed by atoms with van der Waals surface area (Å²) in [6, 6.07) is 5.68. The molecule has 0 unspecified atom stereocenters. The molecule has 2 rings (SSSR count). The average molecular weight is 199 g/mol. The van der Waals surface area contributed by atoms with Gasteiger partial charge in [-0.3, -0.25) is 4.79 Å². The zero-order valence-corrected chi connectivity index (χ0v) is 7.91. The molecule has 12 heavy (non-hydrogen) atoms. The topological polar surface area (TPSA) is 17.1 Å². The number of thioether (sulfide) groups is 1. The van der Waals surface area contributed by atoms with Crippen LogP contribution in [0.5, 0.6) is 0 Å². The first-order valence-corrected chi connectivity index (χ1v) is 4.94. The molecule has 62 valence electrons. The maximum atomic E-state index is 11.0. The van der Waals surface area contributed by atoms with Crippen molar-refractivity contribution in [3.63, 3.8) is 0 Å². The molecule has 1 nitrogen and oxygen atoms in total. The highest BCUT2D eigenvalue weighted by molar-refractivity contribution is 8.13. The molecule has 0 fully saturated rings. The zero-order valence-electron chi connectivity index (χ0n) is 6.34. The van der Waals surface area contributed by atoms with Gasteiger partial charge in [-0.2, -0.15) is 0 Å². The zero-order chi connectivity index (χ0) is 8.55. The van der Waals surface area contributed by atoms with Gasteiger partial charge in [-0.05, 0) is 30.2 Å². The minimum absolute atomic E-state index is 0.254. The van der Waals surface area contributed by atoms with Crippen LogP contribution in [0.2, 0.25) is 5.02 Å². The Labute approximate surface area is 80.1 Å². The highest BCUT2D eigenvalue weighted by Gasteiger charge is 2.15. The van der Waals surface area contributed by atoms with Crippen LogP contribution in [0.3, 0.4) is 0 Å². The van der Waals surface area contributed by atoms with Gasteiger partial charge in [0.25, 0.3) is 0 Å². The van der Waals surface area contributed by atoms with E-state index in [1.165, 1.54) is 17.3 Å². The van der Waals surface area contributed by atoms with Crippen molar-refractivity contribution in [3.8, 4) is 0 Å². The van der Waals surface area contributed by atoms with Crippen LogP contribution in [0.4, 0.5) is 0 Å². The fourth-order valence-electron chi connectivity index (χ4n) is 1.25. The number of aryl methyl sites for hydroxylation is 1. The second-order valence-electron chi connectivity index (χ2n) is 2.73. The molecule has 0 saturated heterocycles. The lowest BCUT2D eigenvalue weighted by Gasteiger charge is -2.13. The molecule has 0 atom stereocenters. The van der Waals surface area contributed by atoms with E-state index < -0.39 is 0 Å². The molecule has 1 aliphatic heterocycles. The third-order valence-electron chi connectivity index (χ3n) is 1.84. The molecule has 1 heterocycles. The summed E-state index contributed by atoms with van der Waals surface area (Å²) in [5, 5.41) is 1.01. The molecule has 0 bridgehead atoms. The minimum Gasteiger partial charge on any atom is -0.287 e. The molecule has 1 aromatic rings. The Morgan fingerprint density at radius 1 is 1.33 bits per heavy atom. The normalized spacial score (nSPS) is 15.9. The van der Waals surface area contributed by atoms with Gasteiger partial charge in [0.1, 0.15) is 0 Å². The summed E-state index contributed by atoms with van der Waals surface area (Å²) in [5.41, 5.74) is 1.20. The van der Waals surface area contributed by atoms with Crippen LogP contribution in [0.25, 0.3) is 0 Å². The summed E-state index contributed by atoms with van der Waals surface area (Å²) in [6.07, 6.45) is 1.47. The van der Waals surface area contributed by atoms with E-state index in [9.17, 15) is 4.79 Å². The number of carbonyl (C=O) groups excluding carboxylic acids is 1. The van der Waals surface area contributed by atoms with E-state index in [4.69, 9.17) is 11.6 Å². The molecule has 0 saturated carbocycles. The van der Waals surface area contributed by atoms with Crippen LogP contribution < -0.4 is 0 Å². The molecule has 0 amide bonds. The molecule has 0 aliphatic carbocycles. The van der Waals surface area contributed by atoms with E-state index in [2.05, 4.69) is 0 Å². The lowest BCUT2D eigenvalue weighted by Crippen LogP contribution is -2.03. The van der Waals surface area contributed by atoms with E-state index in [-0.39, 0.29) is 5.12 Å². The van der Waals surface area contributed by atoms with E-state index in [1.54, 1.807) is 0 Å². The molecule has 0 N–H and O–H groups in total. The van der Waals surface area contributed by atoms with Gasteiger partial charge >= 0.3 is 0 Å². The highest BCUT2D eigenvalue weighted by Crippen LogP contribution is 2.32. The van der Waals surface area contributed by atoms with Gasteiger partial charge < -0.3 is 0 Å². The van der Waals surface area contributed by atoms with Crippen LogP contribution >= 0.6 is 23.4 Å². The molecule has 1 aromatic carbocycles. The Hall–Kier alpha value is -0.470.